The minimum Gasteiger partial charge on any atom is -0.461 e. The fourth-order valence-corrected chi connectivity index (χ4v) is 3.42. The van der Waals surface area contributed by atoms with Crippen LogP contribution >= 0.6 is 11.8 Å². The van der Waals surface area contributed by atoms with E-state index in [1.807, 2.05) is 42.5 Å². The van der Waals surface area contributed by atoms with Crippen molar-refractivity contribution in [1.82, 2.24) is 5.32 Å². The molecule has 1 aliphatic carbocycles. The number of carbonyl (C=O) groups is 1. The van der Waals surface area contributed by atoms with Gasteiger partial charge in [0.15, 0.2) is 5.17 Å². The number of nitrogens with one attached hydrogen (secondary N) is 1. The lowest BCUT2D eigenvalue weighted by molar-refractivity contribution is -0.115. The molecule has 23 heavy (non-hydrogen) atoms. The summed E-state index contributed by atoms with van der Waals surface area (Å²) in [7, 11) is 0. The second kappa shape index (κ2) is 5.74. The van der Waals surface area contributed by atoms with E-state index in [-0.39, 0.29) is 5.91 Å². The minimum absolute atomic E-state index is 0.137. The van der Waals surface area contributed by atoms with Crippen LogP contribution in [0.4, 0.5) is 5.69 Å². The van der Waals surface area contributed by atoms with E-state index >= 15 is 0 Å². The van der Waals surface area contributed by atoms with Crippen LogP contribution < -0.4 is 5.32 Å². The van der Waals surface area contributed by atoms with E-state index in [0.717, 1.165) is 17.2 Å². The van der Waals surface area contributed by atoms with E-state index in [2.05, 4.69) is 17.2 Å². The van der Waals surface area contributed by atoms with Gasteiger partial charge in [-0.2, -0.15) is 0 Å². The van der Waals surface area contributed by atoms with Gasteiger partial charge in [0.1, 0.15) is 11.5 Å². The summed E-state index contributed by atoms with van der Waals surface area (Å²) in [5, 5.41) is 3.38. The number of amidine groups is 1. The molecule has 2 aliphatic rings. The van der Waals surface area contributed by atoms with Gasteiger partial charge in [-0.25, -0.2) is 4.99 Å². The number of hydrogen-bond acceptors (Lipinski definition) is 4. The molecule has 1 aliphatic heterocycles. The molecule has 0 bridgehead atoms. The topological polar surface area (TPSA) is 54.6 Å². The highest BCUT2D eigenvalue weighted by Gasteiger charge is 2.36. The molecule has 1 saturated heterocycles. The van der Waals surface area contributed by atoms with Crippen LogP contribution in [0.5, 0.6) is 0 Å². The Labute approximate surface area is 138 Å². The summed E-state index contributed by atoms with van der Waals surface area (Å²) < 4.78 is 5.83. The molecule has 1 saturated carbocycles. The first-order valence-corrected chi connectivity index (χ1v) is 8.45. The lowest BCUT2D eigenvalue weighted by Gasteiger charge is -1.94. The van der Waals surface area contributed by atoms with Crippen LogP contribution in [0.25, 0.3) is 6.08 Å². The zero-order valence-corrected chi connectivity index (χ0v) is 13.5. The fourth-order valence-electron chi connectivity index (χ4n) is 2.59. The van der Waals surface area contributed by atoms with Crippen LogP contribution in [-0.4, -0.2) is 11.1 Å². The first-order chi connectivity index (χ1) is 11.2. The van der Waals surface area contributed by atoms with E-state index in [4.69, 9.17) is 4.42 Å². The van der Waals surface area contributed by atoms with Crippen LogP contribution in [0.3, 0.4) is 0 Å². The molecule has 4 rings (SSSR count). The summed E-state index contributed by atoms with van der Waals surface area (Å²) in [4.78, 5) is 17.1. The molecule has 1 aromatic carbocycles. The Bertz CT molecular complexity index is 807. The van der Waals surface area contributed by atoms with Gasteiger partial charge in [-0.05, 0) is 48.4 Å². The van der Waals surface area contributed by atoms with Crippen molar-refractivity contribution < 1.29 is 9.21 Å². The van der Waals surface area contributed by atoms with Crippen LogP contribution in [-0.2, 0) is 4.79 Å². The minimum atomic E-state index is -0.137. The third-order valence-electron chi connectivity index (χ3n) is 4.03. The molecule has 0 unspecified atom stereocenters. The van der Waals surface area contributed by atoms with Crippen molar-refractivity contribution in [3.05, 3.63) is 58.9 Å². The quantitative estimate of drug-likeness (QED) is 0.857. The van der Waals surface area contributed by atoms with Gasteiger partial charge in [-0.1, -0.05) is 25.1 Å². The first kappa shape index (κ1) is 14.3. The van der Waals surface area contributed by atoms with E-state index in [0.29, 0.717) is 21.9 Å². The SMILES string of the molecule is C[C@@H]1C[C@@H]1c1ccc(/C=C2\SC(=Nc3ccccc3)NC2=O)o1. The van der Waals surface area contributed by atoms with Gasteiger partial charge in [0.25, 0.3) is 5.91 Å². The molecule has 5 heteroatoms. The third kappa shape index (κ3) is 3.10. The van der Waals surface area contributed by atoms with E-state index < -0.39 is 0 Å². The third-order valence-corrected chi connectivity index (χ3v) is 4.94. The Morgan fingerprint density at radius 2 is 2.04 bits per heavy atom. The standard InChI is InChI=1S/C18H16N2O2S/c1-11-9-14(11)15-8-7-13(22-15)10-16-17(21)20-18(23-16)19-12-5-3-2-4-6-12/h2-8,10-11,14H,9H2,1H3,(H,19,20,21)/b16-10-/t11-,14+/m1/s1. The lowest BCUT2D eigenvalue weighted by atomic mass is 10.3. The van der Waals surface area contributed by atoms with Gasteiger partial charge in [0.2, 0.25) is 0 Å². The van der Waals surface area contributed by atoms with Crippen molar-refractivity contribution in [2.24, 2.45) is 10.9 Å². The average Bonchev–Trinajstić information content (AvgIpc) is 2.94. The summed E-state index contributed by atoms with van der Waals surface area (Å²) in [6.45, 7) is 2.22. The van der Waals surface area contributed by atoms with Crippen molar-refractivity contribution in [3.63, 3.8) is 0 Å². The fraction of sp³-hybridized carbons (Fsp3) is 0.222. The number of amides is 1. The monoisotopic (exact) mass is 324 g/mol. The summed E-state index contributed by atoms with van der Waals surface area (Å²) in [6, 6.07) is 13.5. The summed E-state index contributed by atoms with van der Waals surface area (Å²) >= 11 is 1.33. The Balaban J connectivity index is 1.52. The number of carbonyl (C=O) groups excluding carboxylic acids is 1. The molecule has 2 aromatic rings. The normalized spacial score (nSPS) is 26.7. The van der Waals surface area contributed by atoms with Crippen molar-refractivity contribution >= 4 is 34.6 Å². The van der Waals surface area contributed by atoms with Gasteiger partial charge < -0.3 is 9.73 Å². The van der Waals surface area contributed by atoms with Crippen LogP contribution in [0.15, 0.2) is 56.8 Å². The highest BCUT2D eigenvalue weighted by molar-refractivity contribution is 8.18. The highest BCUT2D eigenvalue weighted by Crippen LogP contribution is 2.47. The van der Waals surface area contributed by atoms with Gasteiger partial charge in [0.05, 0.1) is 10.6 Å². The summed E-state index contributed by atoms with van der Waals surface area (Å²) in [5.74, 6) is 2.85. The number of rotatable bonds is 3. The maximum atomic E-state index is 12.1. The van der Waals surface area contributed by atoms with E-state index in [9.17, 15) is 4.79 Å². The zero-order chi connectivity index (χ0) is 15.8. The van der Waals surface area contributed by atoms with Gasteiger partial charge in [-0.3, -0.25) is 4.79 Å². The van der Waals surface area contributed by atoms with Crippen molar-refractivity contribution in [2.75, 3.05) is 0 Å². The smallest absolute Gasteiger partial charge is 0.264 e. The molecule has 2 heterocycles. The van der Waals surface area contributed by atoms with E-state index in [1.165, 1.54) is 18.2 Å². The van der Waals surface area contributed by atoms with Gasteiger partial charge >= 0.3 is 0 Å². The van der Waals surface area contributed by atoms with Crippen molar-refractivity contribution in [1.29, 1.82) is 0 Å². The number of nitrogens with zero attached hydrogens (tertiary/aromatic N) is 1. The number of para-hydroxylation sites is 1. The molecule has 0 radical (unpaired) electrons. The maximum Gasteiger partial charge on any atom is 0.264 e. The second-order valence-electron chi connectivity index (χ2n) is 5.88. The molecule has 0 spiro atoms. The Kier molecular flexibility index (Phi) is 3.58. The number of aliphatic imine (C=N–C) groups is 1. The summed E-state index contributed by atoms with van der Waals surface area (Å²) in [5.41, 5.74) is 0.819. The largest absolute Gasteiger partial charge is 0.461 e. The molecule has 4 nitrogen and oxygen atoms in total. The molecule has 1 aromatic heterocycles. The van der Waals surface area contributed by atoms with Crippen LogP contribution in [0.1, 0.15) is 30.8 Å². The Hall–Kier alpha value is -2.27. The number of furan rings is 1. The van der Waals surface area contributed by atoms with Gasteiger partial charge in [-0.15, -0.1) is 0 Å². The molecular formula is C18H16N2O2S. The molecule has 2 atom stereocenters. The Morgan fingerprint density at radius 1 is 1.26 bits per heavy atom. The molecular weight excluding hydrogens is 308 g/mol. The predicted molar refractivity (Wildman–Crippen MR) is 92.5 cm³/mol. The second-order valence-corrected chi connectivity index (χ2v) is 6.91. The Morgan fingerprint density at radius 3 is 2.78 bits per heavy atom. The number of benzene rings is 1. The maximum absolute atomic E-state index is 12.1. The molecule has 116 valence electrons. The summed E-state index contributed by atoms with van der Waals surface area (Å²) in [6.07, 6.45) is 2.97. The van der Waals surface area contributed by atoms with Crippen molar-refractivity contribution in [3.8, 4) is 0 Å². The molecule has 1 N–H and O–H groups in total. The first-order valence-electron chi connectivity index (χ1n) is 7.63. The molecule has 1 amide bonds. The van der Waals surface area contributed by atoms with E-state index in [1.54, 1.807) is 6.08 Å². The van der Waals surface area contributed by atoms with Crippen molar-refractivity contribution in [2.45, 2.75) is 19.3 Å². The lowest BCUT2D eigenvalue weighted by Crippen LogP contribution is -2.19. The number of hydrogen-bond donors (Lipinski definition) is 1. The average molecular weight is 324 g/mol. The highest BCUT2D eigenvalue weighted by atomic mass is 32.2. The van der Waals surface area contributed by atoms with Crippen LogP contribution in [0.2, 0.25) is 0 Å². The van der Waals surface area contributed by atoms with Gasteiger partial charge in [0, 0.05) is 12.0 Å². The number of thioether (sulfide) groups is 1. The predicted octanol–water partition coefficient (Wildman–Crippen LogP) is 4.29. The molecule has 2 fully saturated rings. The zero-order valence-electron chi connectivity index (χ0n) is 12.7. The van der Waals surface area contributed by atoms with Crippen LogP contribution in [0, 0.1) is 5.92 Å².